The van der Waals surface area contributed by atoms with E-state index in [1.165, 1.54) is 17.5 Å². The summed E-state index contributed by atoms with van der Waals surface area (Å²) in [7, 11) is 0. The number of amides is 5. The molecule has 1 atom stereocenters. The number of nitrogens with one attached hydrogen (secondary N) is 3. The molecular weight excluding hydrogens is 744 g/mol. The Bertz CT molecular complexity index is 2190. The number of hydrogen-bond acceptors (Lipinski definition) is 13. The number of imide groups is 2. The first kappa shape index (κ1) is 36.5. The third-order valence-corrected chi connectivity index (χ3v) is 11.9. The number of halogens is 1. The Hall–Kier alpha value is -5.45. The Morgan fingerprint density at radius 1 is 0.891 bits per heavy atom. The highest BCUT2D eigenvalue weighted by atomic mass is 35.5. The van der Waals surface area contributed by atoms with E-state index in [1.54, 1.807) is 18.2 Å². The Kier molecular flexibility index (Phi) is 9.96. The summed E-state index contributed by atoms with van der Waals surface area (Å²) < 4.78 is 0. The lowest BCUT2D eigenvalue weighted by molar-refractivity contribution is -0.136. The van der Waals surface area contributed by atoms with Crippen molar-refractivity contribution in [3.05, 3.63) is 81.1 Å². The summed E-state index contributed by atoms with van der Waals surface area (Å²) in [6.07, 6.45) is 3.70. The normalized spacial score (nSPS) is 19.5. The topological polar surface area (TPSA) is 173 Å². The number of nitrogens with zero attached hydrogens (tertiary/aromatic N) is 7. The number of fused-ring (bicyclic) bond motifs is 1. The molecule has 4 aliphatic rings. The molecule has 0 spiro atoms. The second-order valence-corrected chi connectivity index (χ2v) is 15.6. The highest BCUT2D eigenvalue weighted by Gasteiger charge is 2.45. The Morgan fingerprint density at radius 3 is 2.40 bits per heavy atom. The van der Waals surface area contributed by atoms with Crippen LogP contribution in [0.2, 0.25) is 5.02 Å². The predicted octanol–water partition coefficient (Wildman–Crippen LogP) is 4.39. The van der Waals surface area contributed by atoms with Gasteiger partial charge in [-0.1, -0.05) is 35.1 Å². The molecule has 284 valence electrons. The van der Waals surface area contributed by atoms with Gasteiger partial charge < -0.3 is 20.4 Å². The van der Waals surface area contributed by atoms with E-state index in [-0.39, 0.29) is 24.3 Å². The van der Waals surface area contributed by atoms with Gasteiger partial charge in [0, 0.05) is 63.5 Å². The number of hydrogen-bond donors (Lipinski definition) is 3. The van der Waals surface area contributed by atoms with Gasteiger partial charge in [0.15, 0.2) is 5.13 Å². The van der Waals surface area contributed by atoms with Gasteiger partial charge in [0.25, 0.3) is 17.7 Å². The molecule has 4 aromatic rings. The van der Waals surface area contributed by atoms with E-state index in [0.717, 1.165) is 74.1 Å². The number of aromatic nitrogens is 3. The number of para-hydroxylation sites is 1. The molecule has 15 nitrogen and oxygen atoms in total. The maximum atomic E-state index is 13.3. The monoisotopic (exact) mass is 782 g/mol. The fourth-order valence-electron chi connectivity index (χ4n) is 7.75. The van der Waals surface area contributed by atoms with Crippen LogP contribution in [0, 0.1) is 13.8 Å². The predicted molar refractivity (Wildman–Crippen MR) is 208 cm³/mol. The number of piperidine rings is 2. The summed E-state index contributed by atoms with van der Waals surface area (Å²) in [5.74, 6) is -0.227. The van der Waals surface area contributed by atoms with Crippen LogP contribution in [-0.2, 0) is 9.59 Å². The van der Waals surface area contributed by atoms with Gasteiger partial charge in [0.2, 0.25) is 11.8 Å². The van der Waals surface area contributed by atoms with Crippen molar-refractivity contribution in [3.8, 4) is 0 Å². The zero-order valence-corrected chi connectivity index (χ0v) is 31.9. The van der Waals surface area contributed by atoms with Crippen LogP contribution in [0.3, 0.4) is 0 Å². The molecule has 0 radical (unpaired) electrons. The van der Waals surface area contributed by atoms with Gasteiger partial charge in [0.05, 0.1) is 28.0 Å². The summed E-state index contributed by atoms with van der Waals surface area (Å²) in [5, 5.41) is 9.39. The van der Waals surface area contributed by atoms with E-state index in [9.17, 15) is 24.0 Å². The number of anilines is 5. The molecule has 5 amide bonds. The van der Waals surface area contributed by atoms with E-state index in [1.807, 2.05) is 38.1 Å². The van der Waals surface area contributed by atoms with Crippen LogP contribution >= 0.6 is 22.9 Å². The van der Waals surface area contributed by atoms with Crippen LogP contribution in [-0.4, -0.2) is 106 Å². The number of rotatable bonds is 8. The van der Waals surface area contributed by atoms with Gasteiger partial charge in [-0.15, -0.1) is 0 Å². The average molecular weight is 783 g/mol. The van der Waals surface area contributed by atoms with Gasteiger partial charge in [0.1, 0.15) is 28.4 Å². The third kappa shape index (κ3) is 7.36. The van der Waals surface area contributed by atoms with Crippen molar-refractivity contribution in [2.24, 2.45) is 0 Å². The van der Waals surface area contributed by atoms with E-state index in [4.69, 9.17) is 16.6 Å². The molecule has 55 heavy (non-hydrogen) atoms. The highest BCUT2D eigenvalue weighted by Crippen LogP contribution is 2.33. The Morgan fingerprint density at radius 2 is 1.65 bits per heavy atom. The number of carbonyl (C=O) groups excluding carboxylic acids is 5. The molecule has 8 rings (SSSR count). The summed E-state index contributed by atoms with van der Waals surface area (Å²) in [4.78, 5) is 85.7. The Balaban J connectivity index is 0.842. The maximum Gasteiger partial charge on any atom is 0.267 e. The largest absolute Gasteiger partial charge is 0.369 e. The lowest BCUT2D eigenvalue weighted by Gasteiger charge is -2.43. The molecule has 3 N–H and O–H groups in total. The van der Waals surface area contributed by atoms with Crippen LogP contribution in [0.25, 0.3) is 0 Å². The molecule has 0 saturated carbocycles. The van der Waals surface area contributed by atoms with Crippen LogP contribution in [0.5, 0.6) is 0 Å². The zero-order chi connectivity index (χ0) is 38.4. The van der Waals surface area contributed by atoms with Crippen molar-refractivity contribution in [2.75, 3.05) is 59.7 Å². The lowest BCUT2D eigenvalue weighted by Crippen LogP contribution is -2.54. The smallest absolute Gasteiger partial charge is 0.267 e. The molecule has 6 heterocycles. The van der Waals surface area contributed by atoms with E-state index >= 15 is 0 Å². The minimum Gasteiger partial charge on any atom is -0.369 e. The van der Waals surface area contributed by atoms with E-state index < -0.39 is 29.7 Å². The molecule has 0 bridgehead atoms. The minimum atomic E-state index is -0.982. The van der Waals surface area contributed by atoms with Crippen molar-refractivity contribution in [1.82, 2.24) is 30.1 Å². The quantitative estimate of drug-likeness (QED) is 0.216. The molecule has 0 aliphatic carbocycles. The van der Waals surface area contributed by atoms with Gasteiger partial charge in [-0.3, -0.25) is 39.1 Å². The van der Waals surface area contributed by atoms with Crippen LogP contribution in [0.15, 0.2) is 48.7 Å². The summed E-state index contributed by atoms with van der Waals surface area (Å²) in [5.41, 5.74) is 2.90. The molecule has 2 aromatic heterocycles. The van der Waals surface area contributed by atoms with Crippen LogP contribution < -0.4 is 25.8 Å². The van der Waals surface area contributed by atoms with Crippen LogP contribution in [0.1, 0.15) is 67.5 Å². The fraction of sp³-hybridized carbons (Fsp3) is 0.368. The van der Waals surface area contributed by atoms with Gasteiger partial charge in [-0.05, 0) is 62.9 Å². The molecule has 3 fully saturated rings. The fourth-order valence-corrected chi connectivity index (χ4v) is 8.74. The van der Waals surface area contributed by atoms with Gasteiger partial charge in [-0.2, -0.15) is 0 Å². The van der Waals surface area contributed by atoms with Crippen LogP contribution in [0.4, 0.5) is 28.1 Å². The summed E-state index contributed by atoms with van der Waals surface area (Å²) in [6, 6.07) is 12.1. The standard InChI is InChI=1S/C38H39ClN10O5S/c1-21-4-3-5-27(39)33(21)45-35(52)29-20-40-38(55-29)43-30-19-31(42-22(2)41-30)48-12-10-23(11-13-48)46-14-16-47(17-15-46)24-6-7-25-26(18-24)37(54)49(36(25)53)28-8-9-32(50)44-34(28)51/h3-7,18-20,23,28H,8-17H2,1-2H3,(H,45,52)(H,44,50,51)(H,40,41,42,43). The first-order valence-corrected chi connectivity index (χ1v) is 19.5. The molecular formula is C38H39ClN10O5S. The van der Waals surface area contributed by atoms with Crippen molar-refractivity contribution in [3.63, 3.8) is 0 Å². The minimum absolute atomic E-state index is 0.0855. The maximum absolute atomic E-state index is 13.3. The van der Waals surface area contributed by atoms with Crippen molar-refractivity contribution < 1.29 is 24.0 Å². The SMILES string of the molecule is Cc1nc(Nc2ncc(C(=O)Nc3c(C)cccc3Cl)s2)cc(N2CCC(N3CCN(c4ccc5c(c4)C(=O)N(C4CCC(=O)NC4=O)C5=O)CC3)CC2)n1. The lowest BCUT2D eigenvalue weighted by atomic mass is 10.0. The van der Waals surface area contributed by atoms with Gasteiger partial charge in [-0.25, -0.2) is 15.0 Å². The second kappa shape index (κ2) is 15.0. The number of thiazole rings is 1. The number of piperazine rings is 1. The summed E-state index contributed by atoms with van der Waals surface area (Å²) in [6.45, 7) is 8.71. The number of carbonyl (C=O) groups is 5. The second-order valence-electron chi connectivity index (χ2n) is 14.1. The van der Waals surface area contributed by atoms with Crippen molar-refractivity contribution in [2.45, 2.75) is 51.6 Å². The molecule has 2 aromatic carbocycles. The van der Waals surface area contributed by atoms with E-state index in [0.29, 0.717) is 44.0 Å². The van der Waals surface area contributed by atoms with Crippen molar-refractivity contribution >= 4 is 80.6 Å². The zero-order valence-electron chi connectivity index (χ0n) is 30.3. The number of aryl methyl sites for hydroxylation is 2. The summed E-state index contributed by atoms with van der Waals surface area (Å²) >= 11 is 7.52. The van der Waals surface area contributed by atoms with Crippen molar-refractivity contribution in [1.29, 1.82) is 0 Å². The molecule has 17 heteroatoms. The molecule has 4 aliphatic heterocycles. The number of benzene rings is 2. The Labute approximate surface area is 326 Å². The molecule has 1 unspecified atom stereocenters. The van der Waals surface area contributed by atoms with Gasteiger partial charge >= 0.3 is 0 Å². The first-order valence-electron chi connectivity index (χ1n) is 18.3. The highest BCUT2D eigenvalue weighted by molar-refractivity contribution is 7.17. The first-order chi connectivity index (χ1) is 26.5. The average Bonchev–Trinajstić information content (AvgIpc) is 3.74. The molecule has 3 saturated heterocycles. The third-order valence-electron chi connectivity index (χ3n) is 10.7. The van der Waals surface area contributed by atoms with E-state index in [2.05, 4.69) is 40.6 Å².